The average molecular weight is 332 g/mol. The van der Waals surface area contributed by atoms with Gasteiger partial charge < -0.3 is 4.74 Å². The van der Waals surface area contributed by atoms with E-state index in [2.05, 4.69) is 77.6 Å². The second kappa shape index (κ2) is 5.32. The van der Waals surface area contributed by atoms with Crippen LogP contribution in [0.5, 0.6) is 0 Å². The van der Waals surface area contributed by atoms with Crippen molar-refractivity contribution < 1.29 is 4.74 Å². The lowest BCUT2D eigenvalue weighted by atomic mass is 9.98. The van der Waals surface area contributed by atoms with Gasteiger partial charge in [0.2, 0.25) is 0 Å². The van der Waals surface area contributed by atoms with Crippen LogP contribution in [-0.2, 0) is 4.74 Å². The van der Waals surface area contributed by atoms with Crippen LogP contribution in [0.1, 0.15) is 25.6 Å². The number of nitrogens with one attached hydrogen (secondary N) is 1. The smallest absolute Gasteiger partial charge is 0.136 e. The molecule has 20 heavy (non-hydrogen) atoms. The van der Waals surface area contributed by atoms with Crippen molar-refractivity contribution in [1.82, 2.24) is 5.32 Å². The Morgan fingerprint density at radius 3 is 2.50 bits per heavy atom. The van der Waals surface area contributed by atoms with Gasteiger partial charge >= 0.3 is 0 Å². The Morgan fingerprint density at radius 1 is 1.10 bits per heavy atom. The van der Waals surface area contributed by atoms with Crippen molar-refractivity contribution in [2.24, 2.45) is 0 Å². The largest absolute Gasteiger partial charge is 0.357 e. The molecule has 0 aliphatic carbocycles. The normalized spacial score (nSPS) is 21.1. The van der Waals surface area contributed by atoms with Gasteiger partial charge in [-0.25, -0.2) is 0 Å². The first kappa shape index (κ1) is 13.8. The summed E-state index contributed by atoms with van der Waals surface area (Å²) in [6, 6.07) is 16.7. The summed E-state index contributed by atoms with van der Waals surface area (Å²) in [5, 5.41) is 3.55. The first-order valence-corrected chi connectivity index (χ1v) is 7.59. The molecule has 1 aliphatic rings. The molecule has 1 aliphatic heterocycles. The molecule has 104 valence electrons. The Balaban J connectivity index is 2.07. The monoisotopic (exact) mass is 331 g/mol. The fraction of sp³-hybridized carbons (Fsp3) is 0.294. The molecule has 0 spiro atoms. The molecule has 0 bridgehead atoms. The highest BCUT2D eigenvalue weighted by Crippen LogP contribution is 2.37. The Morgan fingerprint density at radius 2 is 1.85 bits per heavy atom. The fourth-order valence-electron chi connectivity index (χ4n) is 2.56. The zero-order valence-electron chi connectivity index (χ0n) is 11.7. The van der Waals surface area contributed by atoms with Crippen molar-refractivity contribution in [1.29, 1.82) is 0 Å². The molecule has 0 saturated carbocycles. The second-order valence-electron chi connectivity index (χ2n) is 5.79. The quantitative estimate of drug-likeness (QED) is 0.873. The number of hydrogen-bond donors (Lipinski definition) is 1. The summed E-state index contributed by atoms with van der Waals surface area (Å²) in [6.07, 6.45) is -0.0734. The van der Waals surface area contributed by atoms with E-state index in [1.54, 1.807) is 0 Å². The van der Waals surface area contributed by atoms with E-state index in [0.717, 1.165) is 4.47 Å². The highest BCUT2D eigenvalue weighted by Gasteiger charge is 2.33. The molecule has 0 aromatic heterocycles. The van der Waals surface area contributed by atoms with E-state index in [1.165, 1.54) is 16.7 Å². The SMILES string of the molecule is CC1(C)COC(c2c(Br)cccc2-c2ccccc2)N1. The standard InChI is InChI=1S/C17H18BrNO/c1-17(2)11-20-16(19-17)15-13(9-6-10-14(15)18)12-7-4-3-5-8-12/h3-10,16,19H,11H2,1-2H3. The average Bonchev–Trinajstić information content (AvgIpc) is 2.79. The minimum absolute atomic E-state index is 0.00784. The van der Waals surface area contributed by atoms with Gasteiger partial charge in [-0.05, 0) is 31.0 Å². The minimum Gasteiger partial charge on any atom is -0.357 e. The van der Waals surface area contributed by atoms with Gasteiger partial charge in [-0.1, -0.05) is 58.4 Å². The molecular formula is C17H18BrNO. The van der Waals surface area contributed by atoms with E-state index < -0.39 is 0 Å². The van der Waals surface area contributed by atoms with E-state index in [4.69, 9.17) is 4.74 Å². The number of rotatable bonds is 2. The summed E-state index contributed by atoms with van der Waals surface area (Å²) in [6.45, 7) is 5.03. The fourth-order valence-corrected chi connectivity index (χ4v) is 3.13. The van der Waals surface area contributed by atoms with Gasteiger partial charge in [-0.15, -0.1) is 0 Å². The third-order valence-corrected chi connectivity index (χ3v) is 4.22. The molecule has 1 unspecified atom stereocenters. The topological polar surface area (TPSA) is 21.3 Å². The number of halogens is 1. The molecule has 0 amide bonds. The van der Waals surface area contributed by atoms with Crippen LogP contribution in [0.25, 0.3) is 11.1 Å². The van der Waals surface area contributed by atoms with Crippen molar-refractivity contribution >= 4 is 15.9 Å². The highest BCUT2D eigenvalue weighted by atomic mass is 79.9. The van der Waals surface area contributed by atoms with Crippen molar-refractivity contribution in [2.75, 3.05) is 6.61 Å². The summed E-state index contributed by atoms with van der Waals surface area (Å²) in [7, 11) is 0. The first-order valence-electron chi connectivity index (χ1n) is 6.80. The van der Waals surface area contributed by atoms with Gasteiger partial charge in [0.05, 0.1) is 6.61 Å². The van der Waals surface area contributed by atoms with Crippen molar-refractivity contribution in [3.63, 3.8) is 0 Å². The van der Waals surface area contributed by atoms with Gasteiger partial charge in [-0.2, -0.15) is 0 Å². The van der Waals surface area contributed by atoms with Gasteiger partial charge in [0.15, 0.2) is 0 Å². The van der Waals surface area contributed by atoms with E-state index in [9.17, 15) is 0 Å². The molecule has 1 saturated heterocycles. The summed E-state index contributed by atoms with van der Waals surface area (Å²) in [4.78, 5) is 0. The van der Waals surface area contributed by atoms with Crippen LogP contribution in [0.2, 0.25) is 0 Å². The summed E-state index contributed by atoms with van der Waals surface area (Å²) >= 11 is 3.67. The van der Waals surface area contributed by atoms with E-state index in [1.807, 2.05) is 6.07 Å². The van der Waals surface area contributed by atoms with Crippen LogP contribution in [0.15, 0.2) is 53.0 Å². The zero-order chi connectivity index (χ0) is 14.2. The van der Waals surface area contributed by atoms with Gasteiger partial charge in [0.25, 0.3) is 0 Å². The van der Waals surface area contributed by atoms with Crippen LogP contribution in [0, 0.1) is 0 Å². The summed E-state index contributed by atoms with van der Waals surface area (Å²) in [5.41, 5.74) is 3.59. The van der Waals surface area contributed by atoms with Gasteiger partial charge in [0.1, 0.15) is 6.23 Å². The lowest BCUT2D eigenvalue weighted by Crippen LogP contribution is -2.36. The molecule has 1 heterocycles. The van der Waals surface area contributed by atoms with Gasteiger partial charge in [-0.3, -0.25) is 5.32 Å². The third-order valence-electron chi connectivity index (χ3n) is 3.53. The Kier molecular flexibility index (Phi) is 3.67. The Hall–Kier alpha value is -1.16. The van der Waals surface area contributed by atoms with Crippen LogP contribution in [0.3, 0.4) is 0 Å². The molecule has 1 fully saturated rings. The molecule has 1 N–H and O–H groups in total. The molecule has 2 aromatic carbocycles. The minimum atomic E-state index is -0.0734. The predicted molar refractivity (Wildman–Crippen MR) is 85.5 cm³/mol. The molecule has 2 nitrogen and oxygen atoms in total. The van der Waals surface area contributed by atoms with Crippen LogP contribution >= 0.6 is 15.9 Å². The lowest BCUT2D eigenvalue weighted by molar-refractivity contribution is 0.0988. The van der Waals surface area contributed by atoms with E-state index in [-0.39, 0.29) is 11.8 Å². The maximum atomic E-state index is 5.96. The summed E-state index contributed by atoms with van der Waals surface area (Å²) in [5.74, 6) is 0. The third kappa shape index (κ3) is 2.66. The maximum Gasteiger partial charge on any atom is 0.136 e. The Labute approximate surface area is 128 Å². The predicted octanol–water partition coefficient (Wildman–Crippen LogP) is 4.51. The molecular weight excluding hydrogens is 314 g/mol. The molecule has 3 heteroatoms. The maximum absolute atomic E-state index is 5.96. The highest BCUT2D eigenvalue weighted by molar-refractivity contribution is 9.10. The van der Waals surface area contributed by atoms with Gasteiger partial charge in [0, 0.05) is 15.6 Å². The van der Waals surface area contributed by atoms with E-state index in [0.29, 0.717) is 6.61 Å². The van der Waals surface area contributed by atoms with Crippen LogP contribution in [-0.4, -0.2) is 12.1 Å². The van der Waals surface area contributed by atoms with Crippen LogP contribution in [0.4, 0.5) is 0 Å². The van der Waals surface area contributed by atoms with Crippen molar-refractivity contribution in [3.8, 4) is 11.1 Å². The number of hydrogen-bond acceptors (Lipinski definition) is 2. The first-order chi connectivity index (χ1) is 9.57. The number of benzene rings is 2. The summed E-state index contributed by atoms with van der Waals surface area (Å²) < 4.78 is 7.03. The number of ether oxygens (including phenoxy) is 1. The van der Waals surface area contributed by atoms with Crippen molar-refractivity contribution in [3.05, 3.63) is 58.6 Å². The van der Waals surface area contributed by atoms with Crippen LogP contribution < -0.4 is 5.32 Å². The molecule has 2 aromatic rings. The van der Waals surface area contributed by atoms with Crippen molar-refractivity contribution in [2.45, 2.75) is 25.6 Å². The zero-order valence-corrected chi connectivity index (χ0v) is 13.3. The molecule has 3 rings (SSSR count). The second-order valence-corrected chi connectivity index (χ2v) is 6.64. The molecule has 1 atom stereocenters. The lowest BCUT2D eigenvalue weighted by Gasteiger charge is -2.20. The van der Waals surface area contributed by atoms with E-state index >= 15 is 0 Å². The molecule has 0 radical (unpaired) electrons. The Bertz CT molecular complexity index is 610.